The summed E-state index contributed by atoms with van der Waals surface area (Å²) in [6.07, 6.45) is 2.24. The Morgan fingerprint density at radius 2 is 2.06 bits per heavy atom. The molecule has 1 aromatic carbocycles. The average molecular weight is 557 g/mol. The number of carbonyl (C=O) groups is 2. The number of halogens is 2. The highest BCUT2D eigenvalue weighted by atomic mass is 35.5. The van der Waals surface area contributed by atoms with Crippen molar-refractivity contribution >= 4 is 50.7 Å². The van der Waals surface area contributed by atoms with Crippen LogP contribution in [0.15, 0.2) is 46.0 Å². The van der Waals surface area contributed by atoms with Gasteiger partial charge >= 0.3 is 11.9 Å². The lowest BCUT2D eigenvalue weighted by atomic mass is 9.86. The Kier molecular flexibility index (Phi) is 7.73. The van der Waals surface area contributed by atoms with Crippen LogP contribution in [0.4, 0.5) is 4.39 Å². The van der Waals surface area contributed by atoms with Gasteiger partial charge in [-0.25, -0.2) is 26.9 Å². The summed E-state index contributed by atoms with van der Waals surface area (Å²) in [5.41, 5.74) is 1.06. The van der Waals surface area contributed by atoms with E-state index in [-0.39, 0.29) is 29.6 Å². The Hall–Kier alpha value is -2.87. The number of methoxy groups -OCH3 is 1. The summed E-state index contributed by atoms with van der Waals surface area (Å²) in [5.74, 6) is -3.53. The van der Waals surface area contributed by atoms with Crippen molar-refractivity contribution < 1.29 is 32.2 Å². The number of aromatic nitrogens is 1. The van der Waals surface area contributed by atoms with Gasteiger partial charge in [0.25, 0.3) is 0 Å². The summed E-state index contributed by atoms with van der Waals surface area (Å²) in [4.78, 5) is 33.0. The number of nitrogens with one attached hydrogen (secondary N) is 1. The fourth-order valence-electron chi connectivity index (χ4n) is 4.29. The molecule has 4 rings (SSSR count). The molecule has 10 nitrogen and oxygen atoms in total. The second-order valence-corrected chi connectivity index (χ2v) is 11.4. The van der Waals surface area contributed by atoms with Gasteiger partial charge in [0, 0.05) is 46.9 Å². The average Bonchev–Trinajstić information content (AvgIpc) is 3.37. The van der Waals surface area contributed by atoms with Gasteiger partial charge in [-0.3, -0.25) is 9.79 Å². The van der Waals surface area contributed by atoms with E-state index in [0.29, 0.717) is 34.9 Å². The molecule has 1 unspecified atom stereocenters. The predicted octanol–water partition coefficient (Wildman–Crippen LogP) is 2.58. The molecule has 0 aliphatic carbocycles. The number of nitrogens with zero attached hydrogens (tertiary/aromatic N) is 3. The molecule has 0 bridgehead atoms. The highest BCUT2D eigenvalue weighted by molar-refractivity contribution is 7.89. The fraction of sp³-hybridized carbons (Fsp3) is 0.364. The second-order valence-electron chi connectivity index (χ2n) is 8.15. The number of carboxylic acids is 1. The van der Waals surface area contributed by atoms with Crippen LogP contribution in [-0.2, 0) is 24.3 Å². The number of esters is 1. The number of thiazole rings is 1. The summed E-state index contributed by atoms with van der Waals surface area (Å²) in [7, 11) is -2.73. The topological polar surface area (TPSA) is 138 Å². The monoisotopic (exact) mass is 556 g/mol. The number of aliphatic imine (C=N–C) groups is 1. The van der Waals surface area contributed by atoms with Gasteiger partial charge in [-0.05, 0) is 25.0 Å². The Bertz CT molecular complexity index is 1340. The standard InChI is InChI=1S/C22H22ClFN4O6S2/c1-34-22(31)17-18(12-4-7-28(8-5-12)36(32,33)11-16(29)30)26-20(21-25-6-9-35-21)27-19(17)14-3-2-13(24)10-15(14)23/h2-3,6,9-10,12,19H,4-5,7-8,11H2,1H3,(H,26,27)(H,29,30). The van der Waals surface area contributed by atoms with E-state index in [4.69, 9.17) is 21.4 Å². The smallest absolute Gasteiger partial charge is 0.338 e. The van der Waals surface area contributed by atoms with Crippen LogP contribution >= 0.6 is 22.9 Å². The third kappa shape index (κ3) is 5.43. The largest absolute Gasteiger partial charge is 0.480 e. The van der Waals surface area contributed by atoms with Crippen molar-refractivity contribution in [2.24, 2.45) is 10.9 Å². The second kappa shape index (κ2) is 10.6. The Morgan fingerprint density at radius 3 is 2.64 bits per heavy atom. The first-order valence-corrected chi connectivity index (χ1v) is 13.7. The maximum atomic E-state index is 13.8. The molecule has 1 atom stereocenters. The minimum atomic E-state index is -3.96. The molecule has 1 aromatic heterocycles. The molecule has 36 heavy (non-hydrogen) atoms. The van der Waals surface area contributed by atoms with Gasteiger partial charge in [0.15, 0.2) is 16.6 Å². The number of carboxylic acid groups (broad SMARTS) is 1. The molecule has 3 heterocycles. The molecule has 1 fully saturated rings. The van der Waals surface area contributed by atoms with Gasteiger partial charge in [-0.2, -0.15) is 0 Å². The summed E-state index contributed by atoms with van der Waals surface area (Å²) in [6, 6.07) is 2.90. The lowest BCUT2D eigenvalue weighted by molar-refractivity contribution is -0.137. The molecule has 0 amide bonds. The van der Waals surface area contributed by atoms with E-state index >= 15 is 0 Å². The van der Waals surface area contributed by atoms with E-state index in [1.165, 1.54) is 30.6 Å². The molecule has 2 aliphatic heterocycles. The van der Waals surface area contributed by atoms with Crippen molar-refractivity contribution in [1.29, 1.82) is 0 Å². The first-order chi connectivity index (χ1) is 17.1. The molecule has 2 aromatic rings. The van der Waals surface area contributed by atoms with E-state index in [9.17, 15) is 22.4 Å². The lowest BCUT2D eigenvalue weighted by Gasteiger charge is -2.36. The molecule has 1 saturated heterocycles. The Morgan fingerprint density at radius 1 is 1.33 bits per heavy atom. The van der Waals surface area contributed by atoms with E-state index in [0.717, 1.165) is 10.4 Å². The molecule has 2 N–H and O–H groups in total. The molecule has 192 valence electrons. The lowest BCUT2D eigenvalue weighted by Crippen LogP contribution is -2.44. The van der Waals surface area contributed by atoms with Crippen molar-refractivity contribution in [2.45, 2.75) is 18.9 Å². The highest BCUT2D eigenvalue weighted by Gasteiger charge is 2.39. The number of hydrogen-bond donors (Lipinski definition) is 2. The van der Waals surface area contributed by atoms with Crippen LogP contribution in [0.3, 0.4) is 0 Å². The third-order valence-electron chi connectivity index (χ3n) is 5.93. The van der Waals surface area contributed by atoms with E-state index in [1.54, 1.807) is 11.6 Å². The van der Waals surface area contributed by atoms with Crippen molar-refractivity contribution in [2.75, 3.05) is 26.0 Å². The number of carbonyl (C=O) groups excluding carboxylic acids is 1. The fourth-order valence-corrected chi connectivity index (χ4v) is 6.41. The number of ether oxygens (including phenoxy) is 1. The van der Waals surface area contributed by atoms with Crippen molar-refractivity contribution in [3.8, 4) is 0 Å². The SMILES string of the molecule is COC(=O)C1=C(C2CCN(S(=O)(=O)CC(=O)O)CC2)NC(c2nccs2)=NC1c1ccc(F)cc1Cl. The first kappa shape index (κ1) is 26.2. The zero-order valence-corrected chi connectivity index (χ0v) is 21.4. The number of aliphatic carboxylic acids is 1. The van der Waals surface area contributed by atoms with Crippen LogP contribution in [0.2, 0.25) is 5.02 Å². The van der Waals surface area contributed by atoms with Crippen LogP contribution in [-0.4, -0.2) is 66.5 Å². The van der Waals surface area contributed by atoms with Gasteiger partial charge in [-0.1, -0.05) is 17.7 Å². The van der Waals surface area contributed by atoms with Crippen molar-refractivity contribution in [3.05, 3.63) is 62.5 Å². The number of allylic oxidation sites excluding steroid dienone is 1. The molecule has 14 heteroatoms. The molecular weight excluding hydrogens is 535 g/mol. The number of piperidine rings is 1. The molecule has 0 spiro atoms. The Balaban J connectivity index is 1.75. The summed E-state index contributed by atoms with van der Waals surface area (Å²) >= 11 is 7.68. The van der Waals surface area contributed by atoms with Gasteiger partial charge in [0.05, 0.1) is 12.7 Å². The van der Waals surface area contributed by atoms with Crippen LogP contribution in [0.25, 0.3) is 0 Å². The quantitative estimate of drug-likeness (QED) is 0.496. The van der Waals surface area contributed by atoms with Gasteiger partial charge < -0.3 is 15.2 Å². The highest BCUT2D eigenvalue weighted by Crippen LogP contribution is 2.40. The zero-order valence-electron chi connectivity index (χ0n) is 19.0. The van der Waals surface area contributed by atoms with Crippen molar-refractivity contribution in [1.82, 2.24) is 14.6 Å². The summed E-state index contributed by atoms with van der Waals surface area (Å²) in [5, 5.41) is 14.5. The van der Waals surface area contributed by atoms with Gasteiger partial charge in [0.1, 0.15) is 11.9 Å². The van der Waals surface area contributed by atoms with Gasteiger partial charge in [-0.15, -0.1) is 11.3 Å². The molecule has 2 aliphatic rings. The number of benzene rings is 1. The number of hydrogen-bond acceptors (Lipinski definition) is 9. The summed E-state index contributed by atoms with van der Waals surface area (Å²) < 4.78 is 44.7. The molecule has 0 saturated carbocycles. The number of amidine groups is 1. The zero-order chi connectivity index (χ0) is 26.0. The maximum Gasteiger partial charge on any atom is 0.338 e. The number of sulfonamides is 1. The van der Waals surface area contributed by atoms with Crippen LogP contribution in [0, 0.1) is 11.7 Å². The van der Waals surface area contributed by atoms with E-state index < -0.39 is 39.6 Å². The third-order valence-corrected chi connectivity index (χ3v) is 8.80. The number of rotatable bonds is 7. The van der Waals surface area contributed by atoms with Crippen LogP contribution in [0.1, 0.15) is 29.5 Å². The van der Waals surface area contributed by atoms with E-state index in [2.05, 4.69) is 15.3 Å². The van der Waals surface area contributed by atoms with Crippen molar-refractivity contribution in [3.63, 3.8) is 0 Å². The predicted molar refractivity (Wildman–Crippen MR) is 131 cm³/mol. The van der Waals surface area contributed by atoms with E-state index in [1.807, 2.05) is 0 Å². The minimum Gasteiger partial charge on any atom is -0.480 e. The first-order valence-electron chi connectivity index (χ1n) is 10.8. The normalized spacial score (nSPS) is 19.5. The molecular formula is C22H22ClFN4O6S2. The molecule has 0 radical (unpaired) electrons. The van der Waals surface area contributed by atoms with Crippen LogP contribution in [0.5, 0.6) is 0 Å². The Labute approximate surface area is 215 Å². The summed E-state index contributed by atoms with van der Waals surface area (Å²) in [6.45, 7) is 0.150. The van der Waals surface area contributed by atoms with Gasteiger partial charge in [0.2, 0.25) is 10.0 Å². The van der Waals surface area contributed by atoms with Crippen LogP contribution < -0.4 is 5.32 Å². The minimum absolute atomic E-state index is 0.0750. The maximum absolute atomic E-state index is 13.8.